The van der Waals surface area contributed by atoms with E-state index in [1.807, 2.05) is 0 Å². The van der Waals surface area contributed by atoms with E-state index in [4.69, 9.17) is 11.6 Å². The lowest BCUT2D eigenvalue weighted by molar-refractivity contribution is -0.385. The van der Waals surface area contributed by atoms with Crippen LogP contribution in [0.5, 0.6) is 0 Å². The van der Waals surface area contributed by atoms with E-state index in [1.165, 1.54) is 0 Å². The number of amides is 1. The summed E-state index contributed by atoms with van der Waals surface area (Å²) in [6.07, 6.45) is 0. The summed E-state index contributed by atoms with van der Waals surface area (Å²) in [6.45, 7) is -0.305. The van der Waals surface area contributed by atoms with Crippen LogP contribution in [0.4, 0.5) is 10.1 Å². The second-order valence-corrected chi connectivity index (χ2v) is 4.15. The van der Waals surface area contributed by atoms with Gasteiger partial charge in [0.05, 0.1) is 12.0 Å². The Kier molecular flexibility index (Phi) is 5.39. The molecule has 1 rings (SSSR count). The van der Waals surface area contributed by atoms with Crippen molar-refractivity contribution in [1.29, 1.82) is 0 Å². The Morgan fingerprint density at radius 3 is 2.75 bits per heavy atom. The van der Waals surface area contributed by atoms with Crippen LogP contribution in [0.25, 0.3) is 0 Å². The lowest BCUT2D eigenvalue weighted by Gasteiger charge is -2.09. The molecule has 0 aliphatic heterocycles. The highest BCUT2D eigenvalue weighted by molar-refractivity contribution is 6.30. The molecule has 1 aromatic rings. The zero-order valence-electron chi connectivity index (χ0n) is 10.3. The zero-order chi connectivity index (χ0) is 15.3. The van der Waals surface area contributed by atoms with Crippen molar-refractivity contribution in [1.82, 2.24) is 5.32 Å². The molecule has 1 unspecified atom stereocenters. The first-order valence-corrected chi connectivity index (χ1v) is 5.74. The number of esters is 1. The SMILES string of the molecule is COC(=O)C(Cl)CNC(=O)c1cc(F)ccc1[N+](=O)[O-]. The summed E-state index contributed by atoms with van der Waals surface area (Å²) in [5.74, 6) is -2.47. The van der Waals surface area contributed by atoms with Crippen LogP contribution in [0.3, 0.4) is 0 Å². The van der Waals surface area contributed by atoms with E-state index in [9.17, 15) is 24.1 Å². The van der Waals surface area contributed by atoms with E-state index in [2.05, 4.69) is 10.1 Å². The van der Waals surface area contributed by atoms with Gasteiger partial charge in [-0.2, -0.15) is 0 Å². The lowest BCUT2D eigenvalue weighted by atomic mass is 10.1. The third kappa shape index (κ3) is 3.89. The van der Waals surface area contributed by atoms with Crippen LogP contribution in [0, 0.1) is 15.9 Å². The van der Waals surface area contributed by atoms with Crippen LogP contribution < -0.4 is 5.32 Å². The fourth-order valence-electron chi connectivity index (χ4n) is 1.34. The summed E-state index contributed by atoms with van der Waals surface area (Å²) in [5, 5.41) is 11.8. The molecule has 0 heterocycles. The Balaban J connectivity index is 2.85. The molecule has 0 aliphatic carbocycles. The fraction of sp³-hybridized carbons (Fsp3) is 0.273. The van der Waals surface area contributed by atoms with E-state index in [-0.39, 0.29) is 6.54 Å². The van der Waals surface area contributed by atoms with Crippen LogP contribution in [0.1, 0.15) is 10.4 Å². The van der Waals surface area contributed by atoms with Crippen molar-refractivity contribution >= 4 is 29.2 Å². The van der Waals surface area contributed by atoms with Gasteiger partial charge in [0, 0.05) is 12.6 Å². The van der Waals surface area contributed by atoms with Gasteiger partial charge in [-0.15, -0.1) is 11.6 Å². The highest BCUT2D eigenvalue weighted by Gasteiger charge is 2.23. The van der Waals surface area contributed by atoms with Crippen molar-refractivity contribution in [2.45, 2.75) is 5.38 Å². The normalized spacial score (nSPS) is 11.6. The highest BCUT2D eigenvalue weighted by atomic mass is 35.5. The summed E-state index contributed by atoms with van der Waals surface area (Å²) >= 11 is 5.60. The van der Waals surface area contributed by atoms with Crippen molar-refractivity contribution in [2.75, 3.05) is 13.7 Å². The molecule has 20 heavy (non-hydrogen) atoms. The average molecular weight is 305 g/mol. The first-order chi connectivity index (χ1) is 9.36. The lowest BCUT2D eigenvalue weighted by Crippen LogP contribution is -2.34. The number of rotatable bonds is 5. The minimum atomic E-state index is -1.14. The molecule has 108 valence electrons. The summed E-state index contributed by atoms with van der Waals surface area (Å²) < 4.78 is 17.4. The van der Waals surface area contributed by atoms with E-state index >= 15 is 0 Å². The molecule has 1 aromatic carbocycles. The summed E-state index contributed by atoms with van der Waals surface area (Å²) in [7, 11) is 1.12. The molecule has 0 saturated heterocycles. The Labute approximate surface area is 117 Å². The number of carbonyl (C=O) groups is 2. The number of hydrogen-bond donors (Lipinski definition) is 1. The topological polar surface area (TPSA) is 98.5 Å². The van der Waals surface area contributed by atoms with Gasteiger partial charge in [-0.25, -0.2) is 4.39 Å². The molecule has 7 nitrogen and oxygen atoms in total. The smallest absolute Gasteiger partial charge is 0.325 e. The molecular formula is C11H10ClFN2O5. The quantitative estimate of drug-likeness (QED) is 0.382. The number of benzene rings is 1. The van der Waals surface area contributed by atoms with E-state index < -0.39 is 39.2 Å². The molecule has 0 saturated carbocycles. The number of halogens is 2. The van der Waals surface area contributed by atoms with Crippen LogP contribution in [0.2, 0.25) is 0 Å². The third-order valence-corrected chi connectivity index (χ3v) is 2.63. The largest absolute Gasteiger partial charge is 0.468 e. The van der Waals surface area contributed by atoms with Gasteiger partial charge in [0.1, 0.15) is 16.8 Å². The monoisotopic (exact) mass is 304 g/mol. The number of carbonyl (C=O) groups excluding carboxylic acids is 2. The number of nitrogens with one attached hydrogen (secondary N) is 1. The maximum atomic E-state index is 13.0. The van der Waals surface area contributed by atoms with E-state index in [1.54, 1.807) is 0 Å². The van der Waals surface area contributed by atoms with Crippen molar-refractivity contribution < 1.29 is 23.6 Å². The minimum Gasteiger partial charge on any atom is -0.468 e. The number of alkyl halides is 1. The summed E-state index contributed by atoms with van der Waals surface area (Å²) in [4.78, 5) is 32.7. The maximum Gasteiger partial charge on any atom is 0.325 e. The molecule has 1 amide bonds. The van der Waals surface area contributed by atoms with Gasteiger partial charge in [-0.05, 0) is 12.1 Å². The molecule has 0 radical (unpaired) electrons. The Bertz CT molecular complexity index is 552. The molecular weight excluding hydrogens is 295 g/mol. The summed E-state index contributed by atoms with van der Waals surface area (Å²) in [5.41, 5.74) is -1.00. The van der Waals surface area contributed by atoms with Gasteiger partial charge >= 0.3 is 5.97 Å². The molecule has 0 aromatic heterocycles. The first-order valence-electron chi connectivity index (χ1n) is 5.31. The zero-order valence-corrected chi connectivity index (χ0v) is 11.0. The number of hydrogen-bond acceptors (Lipinski definition) is 5. The van der Waals surface area contributed by atoms with Crippen LogP contribution in [0.15, 0.2) is 18.2 Å². The minimum absolute atomic E-state index is 0.305. The van der Waals surface area contributed by atoms with Crippen molar-refractivity contribution in [3.8, 4) is 0 Å². The first kappa shape index (κ1) is 15.8. The van der Waals surface area contributed by atoms with Gasteiger partial charge in [-0.3, -0.25) is 19.7 Å². The summed E-state index contributed by atoms with van der Waals surface area (Å²) in [6, 6.07) is 2.48. The predicted octanol–water partition coefficient (Wildman–Crippen LogP) is 1.24. The van der Waals surface area contributed by atoms with E-state index in [0.717, 1.165) is 25.3 Å². The van der Waals surface area contributed by atoms with E-state index in [0.29, 0.717) is 0 Å². The number of nitro groups is 1. The van der Waals surface area contributed by atoms with Crippen LogP contribution in [-0.2, 0) is 9.53 Å². The molecule has 1 N–H and O–H groups in total. The van der Waals surface area contributed by atoms with Gasteiger partial charge in [0.25, 0.3) is 11.6 Å². The predicted molar refractivity (Wildman–Crippen MR) is 67.0 cm³/mol. The van der Waals surface area contributed by atoms with Gasteiger partial charge in [0.2, 0.25) is 0 Å². The number of ether oxygens (including phenoxy) is 1. The second-order valence-electron chi connectivity index (χ2n) is 3.62. The Hall–Kier alpha value is -2.22. The van der Waals surface area contributed by atoms with Crippen molar-refractivity contribution in [2.24, 2.45) is 0 Å². The molecule has 1 atom stereocenters. The van der Waals surface area contributed by atoms with Gasteiger partial charge in [0.15, 0.2) is 0 Å². The second kappa shape index (κ2) is 6.80. The van der Waals surface area contributed by atoms with Gasteiger partial charge < -0.3 is 10.1 Å². The molecule has 9 heteroatoms. The van der Waals surface area contributed by atoms with Crippen molar-refractivity contribution in [3.63, 3.8) is 0 Å². The maximum absolute atomic E-state index is 13.0. The molecule has 0 spiro atoms. The van der Waals surface area contributed by atoms with Crippen molar-refractivity contribution in [3.05, 3.63) is 39.7 Å². The number of nitrogens with zero attached hydrogens (tertiary/aromatic N) is 1. The van der Waals surface area contributed by atoms with Crippen LogP contribution in [-0.4, -0.2) is 35.8 Å². The average Bonchev–Trinajstić information content (AvgIpc) is 2.42. The Morgan fingerprint density at radius 2 is 2.20 bits per heavy atom. The standard InChI is InChI=1S/C11H10ClFN2O5/c1-20-11(17)8(12)5-14-10(16)7-4-6(13)2-3-9(7)15(18)19/h2-4,8H,5H2,1H3,(H,14,16). The molecule has 0 fully saturated rings. The molecule has 0 aliphatic rings. The number of methoxy groups -OCH3 is 1. The number of nitro benzene ring substituents is 1. The highest BCUT2D eigenvalue weighted by Crippen LogP contribution is 2.19. The van der Waals surface area contributed by atoms with Crippen LogP contribution >= 0.6 is 11.6 Å². The Morgan fingerprint density at radius 1 is 1.55 bits per heavy atom. The fourth-order valence-corrected chi connectivity index (χ4v) is 1.50. The molecule has 0 bridgehead atoms. The van der Waals surface area contributed by atoms with Gasteiger partial charge in [-0.1, -0.05) is 0 Å². The third-order valence-electron chi connectivity index (χ3n) is 2.30.